The fraction of sp³-hybridized carbons (Fsp3) is 0.933. The number of rotatable bonds is 2. The predicted octanol–water partition coefficient (Wildman–Crippen LogP) is 4.06. The first-order valence-electron chi connectivity index (χ1n) is 14.1. The number of aliphatic hydroxyl groups is 5. The molecule has 0 spiro atoms. The van der Waals surface area contributed by atoms with Gasteiger partial charge in [0.25, 0.3) is 0 Å². The highest BCUT2D eigenvalue weighted by Crippen LogP contribution is 2.75. The van der Waals surface area contributed by atoms with Crippen molar-refractivity contribution in [1.29, 1.82) is 0 Å². The van der Waals surface area contributed by atoms with Gasteiger partial charge >= 0.3 is 0 Å². The van der Waals surface area contributed by atoms with Gasteiger partial charge in [-0.05, 0) is 85.4 Å². The van der Waals surface area contributed by atoms with E-state index in [0.717, 1.165) is 32.1 Å². The maximum atomic E-state index is 12.0. The molecular weight excluding hydrogens is 440 g/mol. The van der Waals surface area contributed by atoms with Gasteiger partial charge in [0, 0.05) is 22.9 Å². The quantitative estimate of drug-likeness (QED) is 0.376. The van der Waals surface area contributed by atoms with Crippen molar-refractivity contribution in [3.63, 3.8) is 0 Å². The molecule has 0 saturated heterocycles. The van der Waals surface area contributed by atoms with Crippen LogP contribution in [0.3, 0.4) is 0 Å². The summed E-state index contributed by atoms with van der Waals surface area (Å²) in [5, 5.41) is 54.9. The fourth-order valence-electron chi connectivity index (χ4n) is 10.7. The van der Waals surface area contributed by atoms with E-state index < -0.39 is 23.7 Å². The van der Waals surface area contributed by atoms with Crippen molar-refractivity contribution in [3.05, 3.63) is 11.6 Å². The number of aliphatic hydroxyl groups excluding tert-OH is 5. The second-order valence-electron chi connectivity index (χ2n) is 15.0. The summed E-state index contributed by atoms with van der Waals surface area (Å²) in [5.41, 5.74) is -0.243. The highest BCUT2D eigenvalue weighted by molar-refractivity contribution is 5.35. The Hall–Kier alpha value is -0.460. The van der Waals surface area contributed by atoms with E-state index in [0.29, 0.717) is 19.3 Å². The Labute approximate surface area is 212 Å². The normalized spacial score (nSPS) is 60.0. The van der Waals surface area contributed by atoms with Gasteiger partial charge in [0.1, 0.15) is 0 Å². The van der Waals surface area contributed by atoms with Crippen LogP contribution in [0.25, 0.3) is 0 Å². The van der Waals surface area contributed by atoms with Gasteiger partial charge in [0.2, 0.25) is 0 Å². The average Bonchev–Trinajstić information content (AvgIpc) is 2.81. The zero-order valence-corrected chi connectivity index (χ0v) is 22.8. The molecule has 0 unspecified atom stereocenters. The maximum Gasteiger partial charge on any atom is 0.0618 e. The second-order valence-corrected chi connectivity index (χ2v) is 15.0. The van der Waals surface area contributed by atoms with Crippen molar-refractivity contribution in [2.45, 2.75) is 111 Å². The molecule has 5 heteroatoms. The van der Waals surface area contributed by atoms with Gasteiger partial charge in [-0.3, -0.25) is 0 Å². The molecule has 35 heavy (non-hydrogen) atoms. The minimum absolute atomic E-state index is 0.0546. The lowest BCUT2D eigenvalue weighted by Crippen LogP contribution is -2.70. The van der Waals surface area contributed by atoms with E-state index in [9.17, 15) is 25.5 Å². The molecule has 5 nitrogen and oxygen atoms in total. The van der Waals surface area contributed by atoms with Crippen molar-refractivity contribution >= 4 is 0 Å². The number of hydrogen-bond acceptors (Lipinski definition) is 5. The summed E-state index contributed by atoms with van der Waals surface area (Å²) in [6.07, 6.45) is 7.49. The molecule has 0 amide bonds. The highest BCUT2D eigenvalue weighted by atomic mass is 16.3. The molecular formula is C30H50O5. The molecule has 0 aromatic carbocycles. The fourth-order valence-corrected chi connectivity index (χ4v) is 10.7. The number of allylic oxidation sites excluding steroid dienone is 2. The Balaban J connectivity index is 1.61. The third-order valence-electron chi connectivity index (χ3n) is 13.6. The SMILES string of the molecule is C[C@@]1(CO)C[C@@H](O)[C@]2(C)CC[C@]3(C)C(=CC[C@@H]4[C@@]5(C)CC[C@H](O)[C@](C)(CO)[C@@H]5C[C@H](O)[C@]43C)[C@@H]2C1. The summed E-state index contributed by atoms with van der Waals surface area (Å²) < 4.78 is 0. The Morgan fingerprint density at radius 2 is 1.46 bits per heavy atom. The van der Waals surface area contributed by atoms with Gasteiger partial charge in [-0.25, -0.2) is 0 Å². The Kier molecular flexibility index (Phi) is 5.82. The summed E-state index contributed by atoms with van der Waals surface area (Å²) in [5.74, 6) is 0.532. The first kappa shape index (κ1) is 26.2. The van der Waals surface area contributed by atoms with E-state index in [1.165, 1.54) is 5.57 Å². The lowest BCUT2D eigenvalue weighted by atomic mass is 9.33. The lowest BCUT2D eigenvalue weighted by Gasteiger charge is -2.72. The Morgan fingerprint density at radius 3 is 2.09 bits per heavy atom. The molecule has 0 aromatic rings. The molecule has 0 aliphatic heterocycles. The standard InChI is InChI=1S/C30H50O5/c1-25(16-31)14-19-18-7-8-20-27(3)10-9-22(33)28(4,17-32)21(27)13-23(34)30(20,6)29(18,5)12-11-26(19,2)24(35)15-25/h7,19-24,31-35H,8-17H2,1-6H3/t19-,20+,21+,22-,23-,24+,25-,26+,27+,28+,29+,30-/m0/s1. The molecule has 0 heterocycles. The van der Waals surface area contributed by atoms with Gasteiger partial charge in [0.15, 0.2) is 0 Å². The number of fused-ring (bicyclic) bond motifs is 7. The highest BCUT2D eigenvalue weighted by Gasteiger charge is 2.71. The van der Waals surface area contributed by atoms with Crippen LogP contribution in [0.15, 0.2) is 11.6 Å². The molecule has 12 atom stereocenters. The Bertz CT molecular complexity index is 903. The molecule has 5 aliphatic carbocycles. The van der Waals surface area contributed by atoms with Crippen LogP contribution < -0.4 is 0 Å². The van der Waals surface area contributed by atoms with Crippen LogP contribution in [-0.4, -0.2) is 57.1 Å². The van der Waals surface area contributed by atoms with Crippen LogP contribution in [0.2, 0.25) is 0 Å². The van der Waals surface area contributed by atoms with Gasteiger partial charge in [0.05, 0.1) is 24.9 Å². The summed E-state index contributed by atoms with van der Waals surface area (Å²) in [4.78, 5) is 0. The van der Waals surface area contributed by atoms with Crippen LogP contribution in [-0.2, 0) is 0 Å². The topological polar surface area (TPSA) is 101 Å². The van der Waals surface area contributed by atoms with Gasteiger partial charge in [-0.15, -0.1) is 0 Å². The zero-order chi connectivity index (χ0) is 25.8. The minimum Gasteiger partial charge on any atom is -0.396 e. The zero-order valence-electron chi connectivity index (χ0n) is 22.8. The molecule has 4 saturated carbocycles. The predicted molar refractivity (Wildman–Crippen MR) is 136 cm³/mol. The molecule has 0 radical (unpaired) electrons. The summed E-state index contributed by atoms with van der Waals surface area (Å²) in [6, 6.07) is 0. The van der Waals surface area contributed by atoms with Crippen LogP contribution in [0.1, 0.15) is 92.9 Å². The van der Waals surface area contributed by atoms with Crippen molar-refractivity contribution in [2.75, 3.05) is 13.2 Å². The third-order valence-corrected chi connectivity index (χ3v) is 13.6. The maximum absolute atomic E-state index is 12.0. The van der Waals surface area contributed by atoms with E-state index >= 15 is 0 Å². The molecule has 4 fully saturated rings. The van der Waals surface area contributed by atoms with Crippen molar-refractivity contribution in [3.8, 4) is 0 Å². The van der Waals surface area contributed by atoms with E-state index in [1.807, 2.05) is 6.92 Å². The average molecular weight is 491 g/mol. The monoisotopic (exact) mass is 490 g/mol. The van der Waals surface area contributed by atoms with E-state index in [1.54, 1.807) is 0 Å². The molecule has 0 bridgehead atoms. The Morgan fingerprint density at radius 1 is 0.771 bits per heavy atom. The van der Waals surface area contributed by atoms with E-state index in [4.69, 9.17) is 0 Å². The molecule has 5 rings (SSSR count). The first-order chi connectivity index (χ1) is 16.2. The van der Waals surface area contributed by atoms with Crippen LogP contribution in [0.4, 0.5) is 0 Å². The largest absolute Gasteiger partial charge is 0.396 e. The molecule has 0 aromatic heterocycles. The van der Waals surface area contributed by atoms with E-state index in [-0.39, 0.29) is 58.0 Å². The van der Waals surface area contributed by atoms with Gasteiger partial charge in [-0.2, -0.15) is 0 Å². The molecule has 200 valence electrons. The lowest BCUT2D eigenvalue weighted by molar-refractivity contribution is -0.254. The summed E-state index contributed by atoms with van der Waals surface area (Å²) in [7, 11) is 0. The van der Waals surface area contributed by atoms with E-state index in [2.05, 4.69) is 40.7 Å². The van der Waals surface area contributed by atoms with Gasteiger partial charge < -0.3 is 25.5 Å². The molecule has 5 aliphatic rings. The third kappa shape index (κ3) is 3.05. The summed E-state index contributed by atoms with van der Waals surface area (Å²) >= 11 is 0. The van der Waals surface area contributed by atoms with Crippen molar-refractivity contribution in [1.82, 2.24) is 0 Å². The van der Waals surface area contributed by atoms with Crippen LogP contribution >= 0.6 is 0 Å². The minimum atomic E-state index is -0.595. The second kappa shape index (κ2) is 7.79. The first-order valence-corrected chi connectivity index (χ1v) is 14.1. The summed E-state index contributed by atoms with van der Waals surface area (Å²) in [6.45, 7) is 13.5. The van der Waals surface area contributed by atoms with Crippen molar-refractivity contribution in [2.24, 2.45) is 50.2 Å². The van der Waals surface area contributed by atoms with Gasteiger partial charge in [-0.1, -0.05) is 53.2 Å². The van der Waals surface area contributed by atoms with Crippen LogP contribution in [0.5, 0.6) is 0 Å². The number of hydrogen-bond donors (Lipinski definition) is 5. The van der Waals surface area contributed by atoms with Crippen LogP contribution in [0, 0.1) is 50.2 Å². The molecule has 5 N–H and O–H groups in total. The van der Waals surface area contributed by atoms with Crippen molar-refractivity contribution < 1.29 is 25.5 Å². The smallest absolute Gasteiger partial charge is 0.0618 e.